The molecule has 4 fully saturated rings. The van der Waals surface area contributed by atoms with Crippen molar-refractivity contribution in [2.75, 3.05) is 7.11 Å². The second-order valence-electron chi connectivity index (χ2n) is 14.9. The van der Waals surface area contributed by atoms with Gasteiger partial charge in [0.05, 0.1) is 7.11 Å². The number of hydrogen-bond donors (Lipinski definition) is 0. The molecule has 0 bridgehead atoms. The fourth-order valence-electron chi connectivity index (χ4n) is 10.4. The Morgan fingerprint density at radius 1 is 0.914 bits per heavy atom. The van der Waals surface area contributed by atoms with Gasteiger partial charge in [-0.15, -0.1) is 0 Å². The molecule has 5 aliphatic rings. The maximum absolute atomic E-state index is 14.2. The van der Waals surface area contributed by atoms with Crippen molar-refractivity contribution in [1.29, 1.82) is 0 Å². The Kier molecular flexibility index (Phi) is 5.27. The number of Topliss-reactive ketones (excluding diaryl/α,β-unsaturated/α-hetero) is 2. The average Bonchev–Trinajstić information content (AvgIpc) is 2.76. The number of carbonyl (C=O) groups is 3. The minimum absolute atomic E-state index is 0.0294. The SMILES string of the molecule is COC(=O)[C@]12CCC(C)(C)C[C@H]1C1=CC[C@@H]3[C@@]4(C)CCC(=O)C(C)(C)[C@@H]4CC[C@@]3(C)[C@]1(C)CC2=O. The van der Waals surface area contributed by atoms with Crippen LogP contribution in [0.1, 0.15) is 106 Å². The summed E-state index contributed by atoms with van der Waals surface area (Å²) in [5.41, 5.74) is -0.0469. The molecule has 0 aromatic carbocycles. The van der Waals surface area contributed by atoms with E-state index in [1.165, 1.54) is 12.7 Å². The molecule has 194 valence electrons. The molecule has 0 aliphatic heterocycles. The van der Waals surface area contributed by atoms with Gasteiger partial charge in [-0.05, 0) is 73.0 Å². The monoisotopic (exact) mass is 482 g/mol. The van der Waals surface area contributed by atoms with Crippen molar-refractivity contribution in [2.45, 2.75) is 106 Å². The first-order valence-corrected chi connectivity index (χ1v) is 14.0. The number of allylic oxidation sites excluding steroid dienone is 2. The summed E-state index contributed by atoms with van der Waals surface area (Å²) in [5.74, 6) is 0.957. The van der Waals surface area contributed by atoms with Crippen LogP contribution in [0.3, 0.4) is 0 Å². The number of esters is 1. The van der Waals surface area contributed by atoms with E-state index >= 15 is 0 Å². The molecule has 0 N–H and O–H groups in total. The molecule has 35 heavy (non-hydrogen) atoms. The minimum Gasteiger partial charge on any atom is -0.468 e. The van der Waals surface area contributed by atoms with E-state index < -0.39 is 5.41 Å². The first-order chi connectivity index (χ1) is 16.1. The maximum atomic E-state index is 14.2. The van der Waals surface area contributed by atoms with Gasteiger partial charge in [0, 0.05) is 29.6 Å². The number of fused-ring (bicyclic) bond motifs is 7. The molecule has 0 unspecified atom stereocenters. The van der Waals surface area contributed by atoms with Gasteiger partial charge in [-0.2, -0.15) is 0 Å². The van der Waals surface area contributed by atoms with Gasteiger partial charge in [-0.1, -0.05) is 60.1 Å². The lowest BCUT2D eigenvalue weighted by Gasteiger charge is -2.70. The van der Waals surface area contributed by atoms with Crippen LogP contribution in [0, 0.1) is 50.2 Å². The lowest BCUT2D eigenvalue weighted by Crippen LogP contribution is -2.66. The van der Waals surface area contributed by atoms with E-state index in [1.807, 2.05) is 0 Å². The predicted molar refractivity (Wildman–Crippen MR) is 136 cm³/mol. The summed E-state index contributed by atoms with van der Waals surface area (Å²) >= 11 is 0. The lowest BCUT2D eigenvalue weighted by atomic mass is 9.33. The Labute approximate surface area is 212 Å². The highest BCUT2D eigenvalue weighted by Gasteiger charge is 2.71. The number of methoxy groups -OCH3 is 1. The van der Waals surface area contributed by atoms with E-state index in [2.05, 4.69) is 54.5 Å². The van der Waals surface area contributed by atoms with Crippen molar-refractivity contribution in [3.8, 4) is 0 Å². The first kappa shape index (κ1) is 25.2. The fourth-order valence-corrected chi connectivity index (χ4v) is 10.4. The van der Waals surface area contributed by atoms with Crippen LogP contribution >= 0.6 is 0 Å². The van der Waals surface area contributed by atoms with Gasteiger partial charge in [0.1, 0.15) is 11.2 Å². The molecule has 0 aromatic heterocycles. The Morgan fingerprint density at radius 2 is 1.60 bits per heavy atom. The molecule has 0 aromatic rings. The molecular weight excluding hydrogens is 436 g/mol. The second-order valence-corrected chi connectivity index (χ2v) is 14.9. The molecule has 0 radical (unpaired) electrons. The van der Waals surface area contributed by atoms with Crippen LogP contribution in [-0.2, 0) is 19.1 Å². The number of ketones is 2. The Morgan fingerprint density at radius 3 is 2.26 bits per heavy atom. The lowest BCUT2D eigenvalue weighted by molar-refractivity contribution is -0.191. The van der Waals surface area contributed by atoms with Crippen molar-refractivity contribution in [3.05, 3.63) is 11.6 Å². The summed E-state index contributed by atoms with van der Waals surface area (Å²) in [6.07, 6.45) is 9.90. The normalized spacial score (nSPS) is 48.0. The minimum atomic E-state index is -1.01. The smallest absolute Gasteiger partial charge is 0.319 e. The van der Waals surface area contributed by atoms with Gasteiger partial charge >= 0.3 is 5.97 Å². The van der Waals surface area contributed by atoms with Gasteiger partial charge in [-0.25, -0.2) is 0 Å². The highest BCUT2D eigenvalue weighted by Crippen LogP contribution is 2.75. The van der Waals surface area contributed by atoms with Crippen LogP contribution in [0.15, 0.2) is 11.6 Å². The highest BCUT2D eigenvalue weighted by molar-refractivity contribution is 6.06. The van der Waals surface area contributed by atoms with Gasteiger partial charge in [0.25, 0.3) is 0 Å². The standard InChI is InChI=1S/C31H46O4/c1-26(2)15-16-31(25(34)35-8)20(17-26)19-9-10-22-28(5)13-12-23(32)27(3,4)21(28)11-14-29(22,6)30(19,7)18-24(31)33/h9,20-22H,10-18H2,1-8H3/t20-,21-,22+,28-,29+,30+,31+/m0/s1. The van der Waals surface area contributed by atoms with Crippen molar-refractivity contribution in [3.63, 3.8) is 0 Å². The van der Waals surface area contributed by atoms with E-state index in [4.69, 9.17) is 4.74 Å². The third-order valence-electron chi connectivity index (χ3n) is 12.7. The number of carbonyl (C=O) groups excluding carboxylic acids is 3. The van der Waals surface area contributed by atoms with E-state index in [9.17, 15) is 14.4 Å². The van der Waals surface area contributed by atoms with Crippen LogP contribution in [0.4, 0.5) is 0 Å². The van der Waals surface area contributed by atoms with E-state index in [0.29, 0.717) is 36.9 Å². The molecule has 7 atom stereocenters. The zero-order chi connectivity index (χ0) is 25.8. The third-order valence-corrected chi connectivity index (χ3v) is 12.7. The topological polar surface area (TPSA) is 60.4 Å². The van der Waals surface area contributed by atoms with E-state index in [1.54, 1.807) is 0 Å². The number of rotatable bonds is 1. The van der Waals surface area contributed by atoms with Crippen molar-refractivity contribution < 1.29 is 19.1 Å². The molecular formula is C31H46O4. The predicted octanol–water partition coefficient (Wildman–Crippen LogP) is 6.71. The van der Waals surface area contributed by atoms with Gasteiger partial charge in [0.2, 0.25) is 0 Å². The molecule has 0 spiro atoms. The Bertz CT molecular complexity index is 1020. The fraction of sp³-hybridized carbons (Fsp3) is 0.839. The summed E-state index contributed by atoms with van der Waals surface area (Å²) in [5, 5.41) is 0. The number of ether oxygens (including phenoxy) is 1. The molecule has 4 saturated carbocycles. The molecule has 4 nitrogen and oxygen atoms in total. The highest BCUT2D eigenvalue weighted by atomic mass is 16.5. The summed E-state index contributed by atoms with van der Waals surface area (Å²) in [6, 6.07) is 0. The van der Waals surface area contributed by atoms with Crippen molar-refractivity contribution in [1.82, 2.24) is 0 Å². The van der Waals surface area contributed by atoms with Crippen molar-refractivity contribution >= 4 is 17.5 Å². The third kappa shape index (κ3) is 2.95. The largest absolute Gasteiger partial charge is 0.468 e. The number of hydrogen-bond acceptors (Lipinski definition) is 4. The zero-order valence-electron chi connectivity index (χ0n) is 23.3. The quantitative estimate of drug-likeness (QED) is 0.237. The summed E-state index contributed by atoms with van der Waals surface area (Å²) < 4.78 is 5.33. The van der Waals surface area contributed by atoms with Crippen LogP contribution in [-0.4, -0.2) is 24.6 Å². The molecule has 5 aliphatic carbocycles. The van der Waals surface area contributed by atoms with Crippen molar-refractivity contribution in [2.24, 2.45) is 50.2 Å². The molecule has 0 saturated heterocycles. The van der Waals surface area contributed by atoms with Gasteiger partial charge in [-0.3, -0.25) is 14.4 Å². The van der Waals surface area contributed by atoms with E-state index in [0.717, 1.165) is 38.5 Å². The zero-order valence-corrected chi connectivity index (χ0v) is 23.3. The first-order valence-electron chi connectivity index (χ1n) is 14.0. The molecule has 5 rings (SSSR count). The van der Waals surface area contributed by atoms with Crippen LogP contribution in [0.25, 0.3) is 0 Å². The van der Waals surface area contributed by atoms with Crippen LogP contribution in [0.2, 0.25) is 0 Å². The van der Waals surface area contributed by atoms with E-state index in [-0.39, 0.29) is 44.7 Å². The molecule has 4 heteroatoms. The second kappa shape index (κ2) is 7.32. The van der Waals surface area contributed by atoms with Crippen LogP contribution in [0.5, 0.6) is 0 Å². The van der Waals surface area contributed by atoms with Gasteiger partial charge in [0.15, 0.2) is 5.78 Å². The van der Waals surface area contributed by atoms with Crippen LogP contribution < -0.4 is 0 Å². The average molecular weight is 483 g/mol. The molecule has 0 heterocycles. The van der Waals surface area contributed by atoms with Gasteiger partial charge < -0.3 is 4.74 Å². The maximum Gasteiger partial charge on any atom is 0.319 e. The Hall–Kier alpha value is -1.45. The summed E-state index contributed by atoms with van der Waals surface area (Å²) in [7, 11) is 1.44. The molecule has 0 amide bonds. The summed E-state index contributed by atoms with van der Waals surface area (Å²) in [6.45, 7) is 16.1. The Balaban J connectivity index is 1.64. The summed E-state index contributed by atoms with van der Waals surface area (Å²) in [4.78, 5) is 40.4.